The van der Waals surface area contributed by atoms with E-state index in [-0.39, 0.29) is 17.8 Å². The highest BCUT2D eigenvalue weighted by atomic mass is 79.9. The lowest BCUT2D eigenvalue weighted by Gasteiger charge is -2.01. The summed E-state index contributed by atoms with van der Waals surface area (Å²) in [7, 11) is 0. The summed E-state index contributed by atoms with van der Waals surface area (Å²) >= 11 is 7.97. The largest absolute Gasteiger partial charge is 0.294 e. The van der Waals surface area contributed by atoms with Gasteiger partial charge in [-0.1, -0.05) is 15.9 Å². The van der Waals surface area contributed by atoms with E-state index in [1.165, 1.54) is 23.5 Å². The van der Waals surface area contributed by atoms with Gasteiger partial charge < -0.3 is 0 Å². The zero-order valence-corrected chi connectivity index (χ0v) is 12.5. The Labute approximate surface area is 119 Å². The van der Waals surface area contributed by atoms with Crippen molar-refractivity contribution < 1.29 is 9.18 Å². The van der Waals surface area contributed by atoms with Crippen LogP contribution in [0.25, 0.3) is 0 Å². The van der Waals surface area contributed by atoms with Crippen LogP contribution < -0.4 is 0 Å². The maximum absolute atomic E-state index is 13.6. The highest BCUT2D eigenvalue weighted by molar-refractivity contribution is 9.11. The molecule has 17 heavy (non-hydrogen) atoms. The molecule has 0 N–H and O–H groups in total. The molecular weight excluding hydrogens is 371 g/mol. The molecule has 0 aliphatic heterocycles. The molecule has 2 aromatic rings. The van der Waals surface area contributed by atoms with Crippen LogP contribution in [0.4, 0.5) is 4.39 Å². The van der Waals surface area contributed by atoms with Crippen molar-refractivity contribution in [2.24, 2.45) is 0 Å². The Morgan fingerprint density at radius 3 is 2.59 bits per heavy atom. The molecule has 2 rings (SSSR count). The molecule has 0 saturated carbocycles. The van der Waals surface area contributed by atoms with E-state index in [0.717, 1.165) is 8.66 Å². The van der Waals surface area contributed by atoms with Crippen LogP contribution in [0.2, 0.25) is 0 Å². The minimum absolute atomic E-state index is 0.137. The van der Waals surface area contributed by atoms with E-state index in [9.17, 15) is 9.18 Å². The summed E-state index contributed by atoms with van der Waals surface area (Å²) < 4.78 is 15.2. The van der Waals surface area contributed by atoms with Gasteiger partial charge in [0.1, 0.15) is 5.82 Å². The summed E-state index contributed by atoms with van der Waals surface area (Å²) in [6.45, 7) is 0. The number of rotatable bonds is 3. The lowest BCUT2D eigenvalue weighted by Crippen LogP contribution is -2.05. The van der Waals surface area contributed by atoms with Crippen LogP contribution in [-0.2, 0) is 6.42 Å². The molecular formula is C12H7Br2FOS. The first-order valence-electron chi connectivity index (χ1n) is 4.79. The molecule has 0 saturated heterocycles. The fourth-order valence-electron chi connectivity index (χ4n) is 1.42. The summed E-state index contributed by atoms with van der Waals surface area (Å²) in [5.41, 5.74) is 0.137. The molecule has 0 fully saturated rings. The fraction of sp³-hybridized carbons (Fsp3) is 0.0833. The third-order valence-electron chi connectivity index (χ3n) is 2.20. The van der Waals surface area contributed by atoms with Gasteiger partial charge in [-0.25, -0.2) is 4.39 Å². The number of hydrogen-bond acceptors (Lipinski definition) is 2. The minimum Gasteiger partial charge on any atom is -0.294 e. The van der Waals surface area contributed by atoms with Gasteiger partial charge in [0.2, 0.25) is 0 Å². The number of benzene rings is 1. The van der Waals surface area contributed by atoms with Gasteiger partial charge in [0.15, 0.2) is 5.78 Å². The van der Waals surface area contributed by atoms with Gasteiger partial charge in [0.25, 0.3) is 0 Å². The summed E-state index contributed by atoms with van der Waals surface area (Å²) in [6, 6.07) is 8.22. The first-order valence-corrected chi connectivity index (χ1v) is 7.19. The van der Waals surface area contributed by atoms with Crippen molar-refractivity contribution in [2.75, 3.05) is 0 Å². The Morgan fingerprint density at radius 1 is 1.24 bits per heavy atom. The van der Waals surface area contributed by atoms with Crippen molar-refractivity contribution in [3.8, 4) is 0 Å². The first-order chi connectivity index (χ1) is 8.06. The van der Waals surface area contributed by atoms with Gasteiger partial charge in [-0.05, 0) is 46.3 Å². The number of carbonyl (C=O) groups is 1. The number of ketones is 1. The smallest absolute Gasteiger partial charge is 0.171 e. The van der Waals surface area contributed by atoms with Crippen LogP contribution in [0.15, 0.2) is 38.6 Å². The molecule has 0 unspecified atom stereocenters. The maximum atomic E-state index is 13.6. The van der Waals surface area contributed by atoms with E-state index in [1.54, 1.807) is 6.07 Å². The quantitative estimate of drug-likeness (QED) is 0.699. The summed E-state index contributed by atoms with van der Waals surface area (Å²) in [4.78, 5) is 12.8. The van der Waals surface area contributed by atoms with E-state index in [1.807, 2.05) is 12.1 Å². The second kappa shape index (κ2) is 5.42. The van der Waals surface area contributed by atoms with Crippen LogP contribution in [0.3, 0.4) is 0 Å². The summed E-state index contributed by atoms with van der Waals surface area (Å²) in [5.74, 6) is -0.690. The molecule has 0 bridgehead atoms. The second-order valence-corrected chi connectivity index (χ2v) is 6.89. The number of hydrogen-bond donors (Lipinski definition) is 0. The van der Waals surface area contributed by atoms with Gasteiger partial charge in [-0.3, -0.25) is 4.79 Å². The standard InChI is InChI=1S/C12H7Br2FOS/c13-7-1-3-9(10(15)5-7)11(16)6-8-2-4-12(14)17-8/h1-5H,6H2. The van der Waals surface area contributed by atoms with Crippen LogP contribution in [0.5, 0.6) is 0 Å². The Morgan fingerprint density at radius 2 is 2.00 bits per heavy atom. The average Bonchev–Trinajstić information content (AvgIpc) is 2.63. The lowest BCUT2D eigenvalue weighted by molar-refractivity contribution is 0.0990. The minimum atomic E-state index is -0.486. The predicted molar refractivity (Wildman–Crippen MR) is 74.2 cm³/mol. The Bertz CT molecular complexity index is 565. The predicted octanol–water partition coefficient (Wildman–Crippen LogP) is 4.84. The Kier molecular flexibility index (Phi) is 4.12. The van der Waals surface area contributed by atoms with Gasteiger partial charge in [0.05, 0.1) is 9.35 Å². The number of Topliss-reactive ketones (excluding diaryl/α,β-unsaturated/α-hetero) is 1. The topological polar surface area (TPSA) is 17.1 Å². The van der Waals surface area contributed by atoms with Gasteiger partial charge in [0, 0.05) is 15.8 Å². The second-order valence-electron chi connectivity index (χ2n) is 3.43. The fourth-order valence-corrected chi connectivity index (χ4v) is 3.23. The van der Waals surface area contributed by atoms with E-state index in [0.29, 0.717) is 4.47 Å². The highest BCUT2D eigenvalue weighted by Crippen LogP contribution is 2.24. The van der Waals surface area contributed by atoms with Crippen molar-refractivity contribution in [1.82, 2.24) is 0 Å². The van der Waals surface area contributed by atoms with Crippen molar-refractivity contribution >= 4 is 49.0 Å². The monoisotopic (exact) mass is 376 g/mol. The van der Waals surface area contributed by atoms with Gasteiger partial charge in [-0.15, -0.1) is 11.3 Å². The van der Waals surface area contributed by atoms with E-state index in [2.05, 4.69) is 31.9 Å². The summed E-state index contributed by atoms with van der Waals surface area (Å²) in [5, 5.41) is 0. The molecule has 1 aromatic heterocycles. The van der Waals surface area contributed by atoms with Crippen LogP contribution in [-0.4, -0.2) is 5.78 Å². The van der Waals surface area contributed by atoms with E-state index in [4.69, 9.17) is 0 Å². The number of thiophene rings is 1. The number of carbonyl (C=O) groups excluding carboxylic acids is 1. The third kappa shape index (κ3) is 3.24. The molecule has 0 amide bonds. The van der Waals surface area contributed by atoms with E-state index < -0.39 is 5.82 Å². The van der Waals surface area contributed by atoms with E-state index >= 15 is 0 Å². The van der Waals surface area contributed by atoms with Crippen LogP contribution in [0.1, 0.15) is 15.2 Å². The third-order valence-corrected chi connectivity index (χ3v) is 4.31. The van der Waals surface area contributed by atoms with Crippen molar-refractivity contribution in [3.05, 3.63) is 54.8 Å². The highest BCUT2D eigenvalue weighted by Gasteiger charge is 2.13. The molecule has 0 radical (unpaired) electrons. The SMILES string of the molecule is O=C(Cc1ccc(Br)s1)c1ccc(Br)cc1F. The Hall–Kier alpha value is -0.520. The molecule has 5 heteroatoms. The van der Waals surface area contributed by atoms with Crippen molar-refractivity contribution in [2.45, 2.75) is 6.42 Å². The molecule has 88 valence electrons. The van der Waals surface area contributed by atoms with Crippen LogP contribution in [0, 0.1) is 5.82 Å². The van der Waals surface area contributed by atoms with Gasteiger partial charge >= 0.3 is 0 Å². The number of halogens is 3. The van der Waals surface area contributed by atoms with Crippen LogP contribution >= 0.6 is 43.2 Å². The summed E-state index contributed by atoms with van der Waals surface area (Å²) in [6.07, 6.45) is 0.231. The normalized spacial score (nSPS) is 10.5. The molecule has 0 aliphatic rings. The molecule has 0 spiro atoms. The molecule has 1 aromatic carbocycles. The van der Waals surface area contributed by atoms with Crippen molar-refractivity contribution in [1.29, 1.82) is 0 Å². The zero-order chi connectivity index (χ0) is 12.4. The average molecular weight is 378 g/mol. The van der Waals surface area contributed by atoms with Crippen molar-refractivity contribution in [3.63, 3.8) is 0 Å². The molecule has 1 nitrogen and oxygen atoms in total. The molecule has 1 heterocycles. The first kappa shape index (κ1) is 12.9. The molecule has 0 atom stereocenters. The zero-order valence-electron chi connectivity index (χ0n) is 8.54. The maximum Gasteiger partial charge on any atom is 0.171 e. The Balaban J connectivity index is 2.20. The van der Waals surface area contributed by atoms with Gasteiger partial charge in [-0.2, -0.15) is 0 Å². The lowest BCUT2D eigenvalue weighted by atomic mass is 10.1. The molecule has 0 aliphatic carbocycles.